The average Bonchev–Trinajstić information content (AvgIpc) is 3.37. The van der Waals surface area contributed by atoms with Crippen molar-refractivity contribution in [2.75, 3.05) is 21.3 Å². The Morgan fingerprint density at radius 2 is 0.829 bits per heavy atom. The number of nitrogens with one attached hydrogen (secondary N) is 4. The molecule has 4 heterocycles. The van der Waals surface area contributed by atoms with Crippen LogP contribution in [0.4, 0.5) is 44.0 Å². The molecule has 2 amide bonds. The summed E-state index contributed by atoms with van der Waals surface area (Å²) in [7, 11) is 0. The van der Waals surface area contributed by atoms with Crippen molar-refractivity contribution >= 4 is 92.2 Å². The minimum absolute atomic E-state index is 0.248. The molecule has 0 saturated carbocycles. The Kier molecular flexibility index (Phi) is 15.6. The van der Waals surface area contributed by atoms with Gasteiger partial charge in [0.05, 0.1) is 22.1 Å². The second-order valence-corrected chi connectivity index (χ2v) is 23.0. The number of ether oxygens (including phenoxy) is 2. The highest BCUT2D eigenvalue weighted by molar-refractivity contribution is 7.99. The van der Waals surface area contributed by atoms with E-state index in [0.29, 0.717) is 34.3 Å². The molecule has 386 valence electrons. The number of amides is 2. The van der Waals surface area contributed by atoms with Gasteiger partial charge in [-0.2, -0.15) is 0 Å². The summed E-state index contributed by atoms with van der Waals surface area (Å²) in [4.78, 5) is 56.9. The maximum absolute atomic E-state index is 12.5. The van der Waals surface area contributed by atoms with Crippen LogP contribution in [0.25, 0.3) is 44.3 Å². The smallest absolute Gasteiger partial charge is 0.412 e. The molecule has 9 rings (SSSR count). The summed E-state index contributed by atoms with van der Waals surface area (Å²) in [5.74, 6) is 1.78. The third-order valence-corrected chi connectivity index (χ3v) is 13.9. The van der Waals surface area contributed by atoms with Gasteiger partial charge in [0, 0.05) is 42.3 Å². The Morgan fingerprint density at radius 1 is 0.461 bits per heavy atom. The van der Waals surface area contributed by atoms with Crippen molar-refractivity contribution in [2.45, 2.75) is 112 Å². The van der Waals surface area contributed by atoms with Crippen LogP contribution in [0.2, 0.25) is 0 Å². The number of carbonyl (C=O) groups excluding carboxylic acids is 2. The first-order valence-electron chi connectivity index (χ1n) is 25.0. The molecular formula is C60H60N10O4S2. The minimum Gasteiger partial charge on any atom is -0.444 e. The van der Waals surface area contributed by atoms with Gasteiger partial charge in [-0.15, -0.1) is 0 Å². The molecule has 0 atom stereocenters. The molecule has 16 heteroatoms. The summed E-state index contributed by atoms with van der Waals surface area (Å²) in [6, 6.07) is 44.7. The number of anilines is 6. The molecule has 0 aliphatic rings. The molecule has 5 aromatic carbocycles. The lowest BCUT2D eigenvalue weighted by Crippen LogP contribution is -2.27. The first-order chi connectivity index (χ1) is 36.3. The molecule has 0 unspecified atom stereocenters. The van der Waals surface area contributed by atoms with Gasteiger partial charge < -0.3 is 20.1 Å². The van der Waals surface area contributed by atoms with Crippen LogP contribution in [-0.4, -0.2) is 53.3 Å². The van der Waals surface area contributed by atoms with E-state index in [1.54, 1.807) is 36.2 Å². The maximum Gasteiger partial charge on any atom is 0.412 e. The molecule has 4 aromatic heterocycles. The predicted octanol–water partition coefficient (Wildman–Crippen LogP) is 16.4. The number of pyridine rings is 2. The highest BCUT2D eigenvalue weighted by Gasteiger charge is 2.20. The van der Waals surface area contributed by atoms with E-state index in [1.165, 1.54) is 0 Å². The average molecular weight is 1050 g/mol. The highest BCUT2D eigenvalue weighted by atomic mass is 32.2. The monoisotopic (exact) mass is 1050 g/mol. The van der Waals surface area contributed by atoms with E-state index in [0.717, 1.165) is 75.4 Å². The van der Waals surface area contributed by atoms with Gasteiger partial charge in [-0.1, -0.05) is 87.6 Å². The summed E-state index contributed by atoms with van der Waals surface area (Å²) in [5.41, 5.74) is 8.94. The van der Waals surface area contributed by atoms with Crippen LogP contribution >= 0.6 is 23.5 Å². The standard InChI is InChI=1S/C60H60N10O4S2/c1-35(2)47-27-25-45-53(67-47)61-33-63-55(45)69-49-31-39(15-29-51(49)75-43-21-17-41(18-22-43)65-57(71)73-59(5,6)7)37-11-13-38(14-12-37)40-16-30-52(76-44-23-19-42(20-24-44)66-58(72)74-60(8,9)10)50(32-40)70-56-46-26-28-48(36(3)4)68-54(46)62-34-64-56/h11-36H,1-10H3,(H,65,71)(H,66,72)(H,61,63,67,69)(H,62,64,68,70). The Hall–Kier alpha value is -8.08. The van der Waals surface area contributed by atoms with Crippen LogP contribution in [0.5, 0.6) is 0 Å². The molecule has 0 spiro atoms. The van der Waals surface area contributed by atoms with Crippen molar-refractivity contribution in [3.05, 3.63) is 158 Å². The second kappa shape index (κ2) is 22.4. The molecule has 0 fully saturated rings. The number of hydrogen-bond donors (Lipinski definition) is 4. The van der Waals surface area contributed by atoms with Crippen LogP contribution < -0.4 is 21.3 Å². The number of hydrogen-bond acceptors (Lipinski definition) is 14. The molecule has 4 N–H and O–H groups in total. The first kappa shape index (κ1) is 52.8. The van der Waals surface area contributed by atoms with E-state index in [1.807, 2.05) is 114 Å². The largest absolute Gasteiger partial charge is 0.444 e. The zero-order valence-corrected chi connectivity index (χ0v) is 45.8. The Balaban J connectivity index is 1.02. The molecule has 0 radical (unpaired) electrons. The zero-order chi connectivity index (χ0) is 53.7. The molecule has 0 aliphatic heterocycles. The van der Waals surface area contributed by atoms with E-state index in [4.69, 9.17) is 19.4 Å². The van der Waals surface area contributed by atoms with Crippen LogP contribution in [0.15, 0.2) is 166 Å². The summed E-state index contributed by atoms with van der Waals surface area (Å²) in [6.45, 7) is 19.5. The highest BCUT2D eigenvalue weighted by Crippen LogP contribution is 2.41. The third kappa shape index (κ3) is 13.4. The van der Waals surface area contributed by atoms with Crippen molar-refractivity contribution in [1.29, 1.82) is 0 Å². The van der Waals surface area contributed by atoms with Crippen molar-refractivity contribution in [2.24, 2.45) is 0 Å². The lowest BCUT2D eigenvalue weighted by atomic mass is 9.99. The number of nitrogens with zero attached hydrogens (tertiary/aromatic N) is 6. The van der Waals surface area contributed by atoms with Gasteiger partial charge in [0.1, 0.15) is 35.5 Å². The molecular weight excluding hydrogens is 989 g/mol. The zero-order valence-electron chi connectivity index (χ0n) is 44.1. The van der Waals surface area contributed by atoms with Crippen molar-refractivity contribution in [3.63, 3.8) is 0 Å². The van der Waals surface area contributed by atoms with Crippen LogP contribution in [0, 0.1) is 0 Å². The van der Waals surface area contributed by atoms with Gasteiger partial charge in [-0.05, 0) is 173 Å². The Labute approximate surface area is 451 Å². The van der Waals surface area contributed by atoms with Gasteiger partial charge in [-0.3, -0.25) is 10.6 Å². The van der Waals surface area contributed by atoms with E-state index in [9.17, 15) is 9.59 Å². The lowest BCUT2D eigenvalue weighted by molar-refractivity contribution is 0.0624. The first-order valence-corrected chi connectivity index (χ1v) is 26.6. The summed E-state index contributed by atoms with van der Waals surface area (Å²) >= 11 is 3.18. The van der Waals surface area contributed by atoms with Crippen molar-refractivity contribution in [3.8, 4) is 22.3 Å². The molecule has 76 heavy (non-hydrogen) atoms. The minimum atomic E-state index is -0.609. The quantitative estimate of drug-likeness (QED) is 0.0808. The topological polar surface area (TPSA) is 178 Å². The summed E-state index contributed by atoms with van der Waals surface area (Å²) in [6.07, 6.45) is 2.07. The Bertz CT molecular complexity index is 3330. The number of fused-ring (bicyclic) bond motifs is 2. The van der Waals surface area contributed by atoms with Crippen LogP contribution in [-0.2, 0) is 9.47 Å². The molecule has 0 saturated heterocycles. The molecule has 9 aromatic rings. The second-order valence-electron chi connectivity index (χ2n) is 20.7. The van der Waals surface area contributed by atoms with Crippen LogP contribution in [0.1, 0.15) is 92.5 Å². The van der Waals surface area contributed by atoms with Crippen LogP contribution in [0.3, 0.4) is 0 Å². The number of rotatable bonds is 14. The third-order valence-electron chi connectivity index (χ3n) is 11.7. The van der Waals surface area contributed by atoms with Gasteiger partial charge in [0.25, 0.3) is 0 Å². The van der Waals surface area contributed by atoms with Gasteiger partial charge in [0.2, 0.25) is 0 Å². The van der Waals surface area contributed by atoms with Gasteiger partial charge in [0.15, 0.2) is 11.3 Å². The molecule has 0 bridgehead atoms. The fraction of sp³-hybridized carbons (Fsp3) is 0.233. The molecule has 14 nitrogen and oxygen atoms in total. The number of benzene rings is 5. The normalized spacial score (nSPS) is 11.7. The number of aromatic nitrogens is 6. The van der Waals surface area contributed by atoms with E-state index < -0.39 is 23.4 Å². The molecule has 0 aliphatic carbocycles. The van der Waals surface area contributed by atoms with Crippen molar-refractivity contribution in [1.82, 2.24) is 29.9 Å². The van der Waals surface area contributed by atoms with E-state index in [-0.39, 0.29) is 11.8 Å². The van der Waals surface area contributed by atoms with Gasteiger partial charge in [-0.25, -0.2) is 39.5 Å². The van der Waals surface area contributed by atoms with E-state index >= 15 is 0 Å². The van der Waals surface area contributed by atoms with Gasteiger partial charge >= 0.3 is 12.2 Å². The fourth-order valence-electron chi connectivity index (χ4n) is 7.97. The SMILES string of the molecule is CC(C)c1ccc2c(Nc3cc(-c4ccc(-c5ccc(Sc6ccc(NC(=O)OC(C)(C)C)cc6)c(Nc6ncnc7nc(C(C)C)ccc67)c5)cc4)ccc3Sc3ccc(NC(=O)OC(C)(C)C)cc3)ncnc2n1. The summed E-state index contributed by atoms with van der Waals surface area (Å²) in [5, 5.41) is 14.5. The Morgan fingerprint density at radius 3 is 1.18 bits per heavy atom. The van der Waals surface area contributed by atoms with E-state index in [2.05, 4.69) is 130 Å². The maximum atomic E-state index is 12.5. The number of carbonyl (C=O) groups is 2. The lowest BCUT2D eigenvalue weighted by Gasteiger charge is -2.19. The predicted molar refractivity (Wildman–Crippen MR) is 308 cm³/mol. The fourth-order valence-corrected chi connectivity index (χ4v) is 9.73. The summed E-state index contributed by atoms with van der Waals surface area (Å²) < 4.78 is 10.9. The van der Waals surface area contributed by atoms with Crippen molar-refractivity contribution < 1.29 is 19.1 Å².